The Hall–Kier alpha value is -0.0700. The molecular weight excluding hydrogens is 175 g/mol. The number of hydrogen-bond acceptors (Lipinski definition) is 0. The molecule has 0 aromatic heterocycles. The lowest BCUT2D eigenvalue weighted by Crippen LogP contribution is -2.12. The molecule has 1 fully saturated rings. The van der Waals surface area contributed by atoms with Gasteiger partial charge in [0.1, 0.15) is 0 Å². The molecule has 1 rings (SSSR count). The first kappa shape index (κ1) is 12.0. The van der Waals surface area contributed by atoms with E-state index in [0.717, 1.165) is 12.3 Å². The van der Waals surface area contributed by atoms with Crippen LogP contribution in [0.2, 0.25) is 0 Å². The van der Waals surface area contributed by atoms with Gasteiger partial charge in [-0.25, -0.2) is 0 Å². The molecule has 14 heavy (non-hydrogen) atoms. The summed E-state index contributed by atoms with van der Waals surface area (Å²) in [5.74, 6) is 1.85. The van der Waals surface area contributed by atoms with Gasteiger partial charge in [-0.2, -0.15) is 0 Å². The van der Waals surface area contributed by atoms with Crippen molar-refractivity contribution < 1.29 is 4.39 Å². The summed E-state index contributed by atoms with van der Waals surface area (Å²) in [6.45, 7) is 4.41. The molecule has 0 nitrogen and oxygen atoms in total. The summed E-state index contributed by atoms with van der Waals surface area (Å²) in [7, 11) is 0. The third kappa shape index (κ3) is 3.25. The Morgan fingerprint density at radius 1 is 1.07 bits per heavy atom. The molecule has 0 aliphatic heterocycles. The van der Waals surface area contributed by atoms with Crippen LogP contribution in [-0.2, 0) is 0 Å². The van der Waals surface area contributed by atoms with Crippen molar-refractivity contribution in [2.45, 2.75) is 58.8 Å². The maximum Gasteiger partial charge on any atom is 0.0925 e. The lowest BCUT2D eigenvalue weighted by Gasteiger charge is -2.18. The van der Waals surface area contributed by atoms with Gasteiger partial charge < -0.3 is 0 Å². The minimum Gasteiger partial charge on any atom is -0.251 e. The number of hydrogen-bond donors (Lipinski definition) is 0. The number of rotatable bonds is 6. The Labute approximate surface area is 88.3 Å². The molecule has 84 valence electrons. The fourth-order valence-electron chi connectivity index (χ4n) is 2.80. The highest BCUT2D eigenvalue weighted by Gasteiger charge is 2.31. The molecule has 0 aromatic rings. The fraction of sp³-hybridized carbons (Fsp3) is 1.00. The molecule has 0 amide bonds. The van der Waals surface area contributed by atoms with Crippen molar-refractivity contribution in [1.82, 2.24) is 0 Å². The summed E-state index contributed by atoms with van der Waals surface area (Å²) >= 11 is 0. The Balaban J connectivity index is 2.13. The first-order valence-electron chi connectivity index (χ1n) is 6.35. The first-order chi connectivity index (χ1) is 6.79. The quantitative estimate of drug-likeness (QED) is 0.550. The standard InChI is InChI=1S/C13H25F/c1-3-4-5-6-7-12-8-9-13(10-14)11(12)2/h11-13H,3-10H2,1-2H3. The smallest absolute Gasteiger partial charge is 0.0925 e. The van der Waals surface area contributed by atoms with E-state index in [4.69, 9.17) is 0 Å². The fourth-order valence-corrected chi connectivity index (χ4v) is 2.80. The molecule has 0 radical (unpaired) electrons. The zero-order chi connectivity index (χ0) is 10.4. The molecule has 1 heteroatoms. The highest BCUT2D eigenvalue weighted by Crippen LogP contribution is 2.39. The SMILES string of the molecule is CCCCCCC1CCC(CF)C1C. The van der Waals surface area contributed by atoms with E-state index in [1.54, 1.807) is 0 Å². The van der Waals surface area contributed by atoms with E-state index in [-0.39, 0.29) is 6.67 Å². The molecule has 0 heterocycles. The molecule has 3 atom stereocenters. The monoisotopic (exact) mass is 200 g/mol. The molecular formula is C13H25F. The molecule has 0 saturated heterocycles. The third-order valence-corrected chi connectivity index (χ3v) is 4.02. The van der Waals surface area contributed by atoms with Gasteiger partial charge in [-0.15, -0.1) is 0 Å². The minimum absolute atomic E-state index is 0.0906. The average molecular weight is 200 g/mol. The Kier molecular flexibility index (Phi) is 5.50. The van der Waals surface area contributed by atoms with E-state index in [2.05, 4.69) is 13.8 Å². The summed E-state index contributed by atoms with van der Waals surface area (Å²) < 4.78 is 12.6. The Morgan fingerprint density at radius 2 is 1.79 bits per heavy atom. The van der Waals surface area contributed by atoms with Crippen molar-refractivity contribution in [2.24, 2.45) is 17.8 Å². The second kappa shape index (κ2) is 6.42. The number of halogens is 1. The average Bonchev–Trinajstić information content (AvgIpc) is 2.55. The van der Waals surface area contributed by atoms with Crippen LogP contribution in [0.25, 0.3) is 0 Å². The summed E-state index contributed by atoms with van der Waals surface area (Å²) in [5, 5.41) is 0. The maximum atomic E-state index is 12.6. The molecule has 1 saturated carbocycles. The zero-order valence-corrected chi connectivity index (χ0v) is 9.77. The molecule has 0 N–H and O–H groups in total. The van der Waals surface area contributed by atoms with E-state index in [1.807, 2.05) is 0 Å². The van der Waals surface area contributed by atoms with Crippen LogP contribution in [0.1, 0.15) is 58.8 Å². The predicted molar refractivity (Wildman–Crippen MR) is 60.1 cm³/mol. The van der Waals surface area contributed by atoms with Crippen molar-refractivity contribution in [2.75, 3.05) is 6.67 Å². The third-order valence-electron chi connectivity index (χ3n) is 4.02. The van der Waals surface area contributed by atoms with Crippen LogP contribution in [0.5, 0.6) is 0 Å². The van der Waals surface area contributed by atoms with Crippen LogP contribution in [0.4, 0.5) is 4.39 Å². The minimum atomic E-state index is -0.0906. The lowest BCUT2D eigenvalue weighted by atomic mass is 9.88. The summed E-state index contributed by atoms with van der Waals surface area (Å²) in [4.78, 5) is 0. The molecule has 0 bridgehead atoms. The number of alkyl halides is 1. The van der Waals surface area contributed by atoms with Gasteiger partial charge in [0.25, 0.3) is 0 Å². The van der Waals surface area contributed by atoms with Crippen LogP contribution in [0.15, 0.2) is 0 Å². The van der Waals surface area contributed by atoms with Crippen LogP contribution in [-0.4, -0.2) is 6.67 Å². The predicted octanol–water partition coefficient (Wildman–Crippen LogP) is 4.59. The largest absolute Gasteiger partial charge is 0.251 e. The van der Waals surface area contributed by atoms with Crippen molar-refractivity contribution in [1.29, 1.82) is 0 Å². The van der Waals surface area contributed by atoms with Crippen molar-refractivity contribution in [3.63, 3.8) is 0 Å². The second-order valence-electron chi connectivity index (χ2n) is 4.96. The Morgan fingerprint density at radius 3 is 2.36 bits per heavy atom. The van der Waals surface area contributed by atoms with Gasteiger partial charge >= 0.3 is 0 Å². The molecule has 1 aliphatic carbocycles. The maximum absolute atomic E-state index is 12.6. The highest BCUT2D eigenvalue weighted by molar-refractivity contribution is 4.81. The normalized spacial score (nSPS) is 32.4. The highest BCUT2D eigenvalue weighted by atomic mass is 19.1. The summed E-state index contributed by atoms with van der Waals surface area (Å²) in [6, 6.07) is 0. The van der Waals surface area contributed by atoms with Gasteiger partial charge in [0.2, 0.25) is 0 Å². The van der Waals surface area contributed by atoms with E-state index < -0.39 is 0 Å². The lowest BCUT2D eigenvalue weighted by molar-refractivity contribution is 0.265. The van der Waals surface area contributed by atoms with Gasteiger partial charge in [0.05, 0.1) is 6.67 Å². The van der Waals surface area contributed by atoms with Crippen molar-refractivity contribution in [3.8, 4) is 0 Å². The van der Waals surface area contributed by atoms with Crippen molar-refractivity contribution in [3.05, 3.63) is 0 Å². The Bertz CT molecular complexity index is 144. The summed E-state index contributed by atoms with van der Waals surface area (Å²) in [6.07, 6.45) is 9.18. The molecule has 1 aliphatic rings. The topological polar surface area (TPSA) is 0 Å². The van der Waals surface area contributed by atoms with E-state index >= 15 is 0 Å². The van der Waals surface area contributed by atoms with Gasteiger partial charge in [-0.1, -0.05) is 46.0 Å². The van der Waals surface area contributed by atoms with Gasteiger partial charge in [0, 0.05) is 0 Å². The number of unbranched alkanes of at least 4 members (excludes halogenated alkanes) is 3. The van der Waals surface area contributed by atoms with Crippen LogP contribution < -0.4 is 0 Å². The molecule has 3 unspecified atom stereocenters. The van der Waals surface area contributed by atoms with Crippen LogP contribution in [0, 0.1) is 17.8 Å². The van der Waals surface area contributed by atoms with Crippen molar-refractivity contribution >= 4 is 0 Å². The van der Waals surface area contributed by atoms with E-state index in [0.29, 0.717) is 11.8 Å². The van der Waals surface area contributed by atoms with E-state index in [9.17, 15) is 4.39 Å². The second-order valence-corrected chi connectivity index (χ2v) is 4.96. The van der Waals surface area contributed by atoms with Crippen LogP contribution >= 0.6 is 0 Å². The van der Waals surface area contributed by atoms with Crippen LogP contribution in [0.3, 0.4) is 0 Å². The first-order valence-corrected chi connectivity index (χ1v) is 6.35. The molecule has 0 aromatic carbocycles. The van der Waals surface area contributed by atoms with Gasteiger partial charge in [0.15, 0.2) is 0 Å². The van der Waals surface area contributed by atoms with Gasteiger partial charge in [-0.3, -0.25) is 4.39 Å². The van der Waals surface area contributed by atoms with E-state index in [1.165, 1.54) is 38.5 Å². The zero-order valence-electron chi connectivity index (χ0n) is 9.77. The van der Waals surface area contributed by atoms with Gasteiger partial charge in [-0.05, 0) is 30.6 Å². The summed E-state index contributed by atoms with van der Waals surface area (Å²) in [5.41, 5.74) is 0. The molecule has 0 spiro atoms.